The number of nitrogens with zero attached hydrogens (tertiary/aromatic N) is 2. The monoisotopic (exact) mass is 247 g/mol. The zero-order chi connectivity index (χ0) is 12.3. The van der Waals surface area contributed by atoms with Gasteiger partial charge in [-0.15, -0.1) is 0 Å². The molecule has 0 atom stereocenters. The average molecular weight is 247 g/mol. The number of aromatic amines is 1. The number of hydrogen-bond donors (Lipinski definition) is 1. The average Bonchev–Trinajstić information content (AvgIpc) is 2.28. The Labute approximate surface area is 101 Å². The second-order valence-corrected chi connectivity index (χ2v) is 4.35. The molecule has 0 amide bonds. The standard InChI is InChI=1S/C11H9N3O2S/c1-7-4-9(16)14-11(13-7)17-10-3-2-8(6-15)5-12-10/h2-6H,1H3,(H,13,14,16). The van der Waals surface area contributed by atoms with Gasteiger partial charge in [0.25, 0.3) is 5.56 Å². The van der Waals surface area contributed by atoms with E-state index in [0.29, 0.717) is 21.4 Å². The minimum Gasteiger partial charge on any atom is -0.301 e. The first-order valence-corrected chi connectivity index (χ1v) is 5.66. The number of pyridine rings is 1. The fourth-order valence-corrected chi connectivity index (χ4v) is 2.00. The molecule has 5 nitrogen and oxygen atoms in total. The van der Waals surface area contributed by atoms with Crippen LogP contribution >= 0.6 is 11.8 Å². The lowest BCUT2D eigenvalue weighted by atomic mass is 10.3. The molecule has 0 saturated carbocycles. The second kappa shape index (κ2) is 4.92. The molecule has 0 spiro atoms. The van der Waals surface area contributed by atoms with Crippen LogP contribution in [0.25, 0.3) is 0 Å². The largest absolute Gasteiger partial charge is 0.301 e. The highest BCUT2D eigenvalue weighted by molar-refractivity contribution is 7.99. The van der Waals surface area contributed by atoms with Crippen molar-refractivity contribution in [3.05, 3.63) is 46.0 Å². The van der Waals surface area contributed by atoms with Gasteiger partial charge >= 0.3 is 0 Å². The van der Waals surface area contributed by atoms with E-state index in [-0.39, 0.29) is 5.56 Å². The lowest BCUT2D eigenvalue weighted by Gasteiger charge is -2.00. The molecule has 0 aliphatic rings. The van der Waals surface area contributed by atoms with Crippen LogP contribution in [0.15, 0.2) is 39.4 Å². The molecule has 0 bridgehead atoms. The summed E-state index contributed by atoms with van der Waals surface area (Å²) in [6.07, 6.45) is 2.21. The van der Waals surface area contributed by atoms with Gasteiger partial charge in [0.2, 0.25) is 0 Å². The maximum Gasteiger partial charge on any atom is 0.251 e. The third-order valence-corrected chi connectivity index (χ3v) is 2.78. The summed E-state index contributed by atoms with van der Waals surface area (Å²) >= 11 is 1.24. The van der Waals surface area contributed by atoms with Crippen LogP contribution in [0, 0.1) is 6.92 Å². The van der Waals surface area contributed by atoms with Gasteiger partial charge in [-0.2, -0.15) is 0 Å². The zero-order valence-electron chi connectivity index (χ0n) is 9.01. The van der Waals surface area contributed by atoms with Crippen LogP contribution in [0.3, 0.4) is 0 Å². The summed E-state index contributed by atoms with van der Waals surface area (Å²) in [4.78, 5) is 32.5. The van der Waals surface area contributed by atoms with E-state index in [1.807, 2.05) is 0 Å². The molecule has 17 heavy (non-hydrogen) atoms. The predicted molar refractivity (Wildman–Crippen MR) is 63.3 cm³/mol. The lowest BCUT2D eigenvalue weighted by molar-refractivity contribution is 0.112. The van der Waals surface area contributed by atoms with Crippen LogP contribution in [-0.2, 0) is 0 Å². The molecular formula is C11H9N3O2S. The molecule has 1 N–H and O–H groups in total. The molecule has 0 radical (unpaired) electrons. The molecule has 0 unspecified atom stereocenters. The molecule has 0 fully saturated rings. The molecule has 0 aliphatic heterocycles. The van der Waals surface area contributed by atoms with E-state index < -0.39 is 0 Å². The van der Waals surface area contributed by atoms with E-state index in [4.69, 9.17) is 0 Å². The molecule has 0 aliphatic carbocycles. The van der Waals surface area contributed by atoms with Crippen LogP contribution in [0.2, 0.25) is 0 Å². The van der Waals surface area contributed by atoms with Crippen molar-refractivity contribution in [1.82, 2.24) is 15.0 Å². The molecule has 2 rings (SSSR count). The maximum atomic E-state index is 11.2. The third kappa shape index (κ3) is 3.01. The minimum atomic E-state index is -0.190. The van der Waals surface area contributed by atoms with E-state index in [1.165, 1.54) is 24.0 Å². The number of hydrogen-bond acceptors (Lipinski definition) is 5. The van der Waals surface area contributed by atoms with Crippen LogP contribution in [0.4, 0.5) is 0 Å². The summed E-state index contributed by atoms with van der Waals surface area (Å²) in [6, 6.07) is 4.79. The zero-order valence-corrected chi connectivity index (χ0v) is 9.82. The first-order chi connectivity index (χ1) is 8.17. The van der Waals surface area contributed by atoms with E-state index in [1.54, 1.807) is 19.1 Å². The van der Waals surface area contributed by atoms with Gasteiger partial charge < -0.3 is 4.98 Å². The van der Waals surface area contributed by atoms with Gasteiger partial charge in [-0.3, -0.25) is 9.59 Å². The first-order valence-electron chi connectivity index (χ1n) is 4.84. The normalized spacial score (nSPS) is 10.2. The van der Waals surface area contributed by atoms with Crippen molar-refractivity contribution in [2.24, 2.45) is 0 Å². The van der Waals surface area contributed by atoms with Gasteiger partial charge in [0, 0.05) is 23.5 Å². The van der Waals surface area contributed by atoms with Crippen molar-refractivity contribution >= 4 is 18.0 Å². The number of carbonyl (C=O) groups is 1. The van der Waals surface area contributed by atoms with Crippen LogP contribution in [-0.4, -0.2) is 21.2 Å². The van der Waals surface area contributed by atoms with Gasteiger partial charge in [-0.1, -0.05) is 0 Å². The fourth-order valence-electron chi connectivity index (χ4n) is 1.22. The van der Waals surface area contributed by atoms with Gasteiger partial charge in [0.05, 0.1) is 0 Å². The van der Waals surface area contributed by atoms with Crippen LogP contribution < -0.4 is 5.56 Å². The highest BCUT2D eigenvalue weighted by Crippen LogP contribution is 2.21. The maximum absolute atomic E-state index is 11.2. The molecule has 0 aromatic carbocycles. The Hall–Kier alpha value is -1.95. The van der Waals surface area contributed by atoms with Crippen molar-refractivity contribution in [2.75, 3.05) is 0 Å². The summed E-state index contributed by atoms with van der Waals surface area (Å²) in [5.41, 5.74) is 0.977. The molecule has 86 valence electrons. The Morgan fingerprint density at radius 2 is 2.24 bits per heavy atom. The molecular weight excluding hydrogens is 238 g/mol. The molecule has 0 saturated heterocycles. The number of rotatable bonds is 3. The summed E-state index contributed by atoms with van der Waals surface area (Å²) in [7, 11) is 0. The van der Waals surface area contributed by atoms with Gasteiger partial charge in [0.1, 0.15) is 5.03 Å². The van der Waals surface area contributed by atoms with Gasteiger partial charge in [0.15, 0.2) is 11.4 Å². The van der Waals surface area contributed by atoms with Crippen molar-refractivity contribution in [3.63, 3.8) is 0 Å². The Kier molecular flexibility index (Phi) is 3.34. The number of aldehydes is 1. The number of carbonyl (C=O) groups excluding carboxylic acids is 1. The summed E-state index contributed by atoms with van der Waals surface area (Å²) in [5.74, 6) is 0. The van der Waals surface area contributed by atoms with E-state index in [9.17, 15) is 9.59 Å². The van der Waals surface area contributed by atoms with E-state index in [2.05, 4.69) is 15.0 Å². The number of H-pyrrole nitrogens is 1. The topological polar surface area (TPSA) is 75.7 Å². The van der Waals surface area contributed by atoms with E-state index in [0.717, 1.165) is 6.29 Å². The third-order valence-electron chi connectivity index (χ3n) is 1.94. The lowest BCUT2D eigenvalue weighted by Crippen LogP contribution is -2.07. The number of nitrogens with one attached hydrogen (secondary N) is 1. The molecule has 6 heteroatoms. The molecule has 2 aromatic heterocycles. The SMILES string of the molecule is Cc1cc(=O)[nH]c(Sc2ccc(C=O)cn2)n1. The first kappa shape index (κ1) is 11.5. The smallest absolute Gasteiger partial charge is 0.251 e. The number of aryl methyl sites for hydroxylation is 1. The van der Waals surface area contributed by atoms with Crippen molar-refractivity contribution in [2.45, 2.75) is 17.1 Å². The summed E-state index contributed by atoms with van der Waals surface area (Å²) in [6.45, 7) is 1.75. The van der Waals surface area contributed by atoms with Crippen LogP contribution in [0.5, 0.6) is 0 Å². The summed E-state index contributed by atoms with van der Waals surface area (Å²) in [5, 5.41) is 1.16. The fraction of sp³-hybridized carbons (Fsp3) is 0.0909. The van der Waals surface area contributed by atoms with Crippen molar-refractivity contribution in [1.29, 1.82) is 0 Å². The highest BCUT2D eigenvalue weighted by atomic mass is 32.2. The minimum absolute atomic E-state index is 0.190. The van der Waals surface area contributed by atoms with Crippen LogP contribution in [0.1, 0.15) is 16.1 Å². The van der Waals surface area contributed by atoms with Crippen molar-refractivity contribution < 1.29 is 4.79 Å². The number of aromatic nitrogens is 3. The Morgan fingerprint density at radius 1 is 1.41 bits per heavy atom. The highest BCUT2D eigenvalue weighted by Gasteiger charge is 2.02. The Morgan fingerprint density at radius 3 is 2.82 bits per heavy atom. The second-order valence-electron chi connectivity index (χ2n) is 3.34. The Bertz CT molecular complexity index is 592. The predicted octanol–water partition coefficient (Wildman–Crippen LogP) is 1.44. The van der Waals surface area contributed by atoms with Crippen molar-refractivity contribution in [3.8, 4) is 0 Å². The van der Waals surface area contributed by atoms with Gasteiger partial charge in [-0.25, -0.2) is 9.97 Å². The Balaban J connectivity index is 2.24. The van der Waals surface area contributed by atoms with Gasteiger partial charge in [-0.05, 0) is 30.8 Å². The molecule has 2 aromatic rings. The molecule has 2 heterocycles. The summed E-state index contributed by atoms with van der Waals surface area (Å²) < 4.78 is 0. The van der Waals surface area contributed by atoms with E-state index >= 15 is 0 Å². The quantitative estimate of drug-likeness (QED) is 0.656.